The monoisotopic (exact) mass is 408 g/mol. The van der Waals surface area contributed by atoms with Crippen molar-refractivity contribution in [2.24, 2.45) is 5.92 Å². The molecule has 0 aliphatic rings. The van der Waals surface area contributed by atoms with Gasteiger partial charge in [0, 0.05) is 28.0 Å². The van der Waals surface area contributed by atoms with Crippen LogP contribution in [0.1, 0.15) is 19.7 Å². The first kappa shape index (κ1) is 19.2. The van der Waals surface area contributed by atoms with Crippen molar-refractivity contribution in [2.45, 2.75) is 26.8 Å². The number of hydrogen-bond donors (Lipinski definition) is 1. The summed E-state index contributed by atoms with van der Waals surface area (Å²) in [6, 6.07) is 16.9. The Morgan fingerprint density at radius 3 is 2.66 bits per heavy atom. The number of benzene rings is 2. The van der Waals surface area contributed by atoms with Gasteiger partial charge in [-0.1, -0.05) is 43.6 Å². The van der Waals surface area contributed by atoms with Crippen LogP contribution in [0.2, 0.25) is 5.02 Å². The minimum atomic E-state index is -0.156. The maximum atomic E-state index is 12.7. The molecule has 0 saturated heterocycles. The molecule has 29 heavy (non-hydrogen) atoms. The molecule has 0 spiro atoms. The van der Waals surface area contributed by atoms with E-state index in [1.165, 1.54) is 0 Å². The molecule has 0 bridgehead atoms. The Labute approximate surface area is 173 Å². The largest absolute Gasteiger partial charge is 0.419 e. The fourth-order valence-electron chi connectivity index (χ4n) is 3.22. The van der Waals surface area contributed by atoms with Crippen LogP contribution in [0.25, 0.3) is 22.5 Å². The fourth-order valence-corrected chi connectivity index (χ4v) is 3.35. The SMILES string of the molecule is CC(C)Cc1nnc(-c2cc3ccccc3n2CC(=O)Nc2ccc(Cl)cc2)o1. The third kappa shape index (κ3) is 4.32. The zero-order chi connectivity index (χ0) is 20.4. The van der Waals surface area contributed by atoms with Crippen LogP contribution in [0.3, 0.4) is 0 Å². The van der Waals surface area contributed by atoms with Gasteiger partial charge in [-0.25, -0.2) is 0 Å². The topological polar surface area (TPSA) is 73.0 Å². The molecule has 0 radical (unpaired) electrons. The van der Waals surface area contributed by atoms with Crippen LogP contribution in [0.4, 0.5) is 5.69 Å². The third-order valence-electron chi connectivity index (χ3n) is 4.51. The first-order chi connectivity index (χ1) is 14.0. The summed E-state index contributed by atoms with van der Waals surface area (Å²) >= 11 is 5.91. The summed E-state index contributed by atoms with van der Waals surface area (Å²) < 4.78 is 7.77. The highest BCUT2D eigenvalue weighted by Crippen LogP contribution is 2.28. The molecule has 0 unspecified atom stereocenters. The Morgan fingerprint density at radius 1 is 1.14 bits per heavy atom. The third-order valence-corrected chi connectivity index (χ3v) is 4.76. The van der Waals surface area contributed by atoms with E-state index in [2.05, 4.69) is 29.4 Å². The van der Waals surface area contributed by atoms with Gasteiger partial charge in [-0.05, 0) is 42.3 Å². The van der Waals surface area contributed by atoms with E-state index in [0.29, 0.717) is 34.8 Å². The zero-order valence-corrected chi connectivity index (χ0v) is 17.0. The molecule has 0 fully saturated rings. The summed E-state index contributed by atoms with van der Waals surface area (Å²) in [7, 11) is 0. The van der Waals surface area contributed by atoms with Crippen LogP contribution >= 0.6 is 11.6 Å². The normalized spacial score (nSPS) is 11.3. The van der Waals surface area contributed by atoms with Crippen molar-refractivity contribution in [3.05, 3.63) is 65.5 Å². The second-order valence-electron chi connectivity index (χ2n) is 7.33. The Bertz CT molecular complexity index is 1150. The van der Waals surface area contributed by atoms with Crippen molar-refractivity contribution in [3.8, 4) is 11.6 Å². The second kappa shape index (κ2) is 8.09. The van der Waals surface area contributed by atoms with E-state index in [-0.39, 0.29) is 12.5 Å². The number of carbonyl (C=O) groups excluding carboxylic acids is 1. The quantitative estimate of drug-likeness (QED) is 0.477. The number of hydrogen-bond acceptors (Lipinski definition) is 4. The highest BCUT2D eigenvalue weighted by atomic mass is 35.5. The highest BCUT2D eigenvalue weighted by molar-refractivity contribution is 6.30. The lowest BCUT2D eigenvalue weighted by atomic mass is 10.1. The summed E-state index contributed by atoms with van der Waals surface area (Å²) in [5.74, 6) is 1.27. The van der Waals surface area contributed by atoms with Gasteiger partial charge in [0.25, 0.3) is 5.89 Å². The van der Waals surface area contributed by atoms with E-state index in [1.54, 1.807) is 24.3 Å². The lowest BCUT2D eigenvalue weighted by Crippen LogP contribution is -2.19. The van der Waals surface area contributed by atoms with Crippen LogP contribution in [0.15, 0.2) is 59.0 Å². The Kier molecular flexibility index (Phi) is 5.36. The van der Waals surface area contributed by atoms with Crippen molar-refractivity contribution < 1.29 is 9.21 Å². The number of anilines is 1. The van der Waals surface area contributed by atoms with Gasteiger partial charge in [-0.3, -0.25) is 4.79 Å². The van der Waals surface area contributed by atoms with E-state index in [0.717, 1.165) is 16.6 Å². The minimum absolute atomic E-state index is 0.118. The van der Waals surface area contributed by atoms with E-state index in [4.69, 9.17) is 16.0 Å². The van der Waals surface area contributed by atoms with Crippen LogP contribution in [0.5, 0.6) is 0 Å². The van der Waals surface area contributed by atoms with Gasteiger partial charge >= 0.3 is 0 Å². The molecular weight excluding hydrogens is 388 g/mol. The van der Waals surface area contributed by atoms with Gasteiger partial charge in [0.15, 0.2) is 0 Å². The van der Waals surface area contributed by atoms with Crippen LogP contribution in [-0.4, -0.2) is 20.7 Å². The maximum absolute atomic E-state index is 12.7. The first-order valence-electron chi connectivity index (χ1n) is 9.46. The molecule has 6 nitrogen and oxygen atoms in total. The predicted molar refractivity (Wildman–Crippen MR) is 114 cm³/mol. The molecule has 148 valence electrons. The molecule has 0 aliphatic heterocycles. The number of aromatic nitrogens is 3. The van der Waals surface area contributed by atoms with Crippen molar-refractivity contribution in [1.82, 2.24) is 14.8 Å². The van der Waals surface area contributed by atoms with Gasteiger partial charge in [0.2, 0.25) is 11.8 Å². The Morgan fingerprint density at radius 2 is 1.90 bits per heavy atom. The number of fused-ring (bicyclic) bond motifs is 1. The van der Waals surface area contributed by atoms with Crippen LogP contribution in [-0.2, 0) is 17.8 Å². The molecule has 1 amide bonds. The first-order valence-corrected chi connectivity index (χ1v) is 9.84. The number of nitrogens with zero attached hydrogens (tertiary/aromatic N) is 3. The summed E-state index contributed by atoms with van der Waals surface area (Å²) in [6.45, 7) is 4.32. The van der Waals surface area contributed by atoms with Gasteiger partial charge in [-0.2, -0.15) is 0 Å². The lowest BCUT2D eigenvalue weighted by molar-refractivity contribution is -0.116. The molecule has 2 heterocycles. The van der Waals surface area contributed by atoms with Crippen molar-refractivity contribution in [1.29, 1.82) is 0 Å². The molecule has 0 atom stereocenters. The summed E-state index contributed by atoms with van der Waals surface area (Å²) in [4.78, 5) is 12.7. The number of nitrogens with one attached hydrogen (secondary N) is 1. The van der Waals surface area contributed by atoms with Crippen molar-refractivity contribution >= 4 is 34.1 Å². The average molecular weight is 409 g/mol. The van der Waals surface area contributed by atoms with Gasteiger partial charge in [0.1, 0.15) is 12.2 Å². The zero-order valence-electron chi connectivity index (χ0n) is 16.2. The standard InChI is InChI=1S/C22H21ClN4O2/c1-14(2)11-21-25-26-22(29-21)19-12-15-5-3-4-6-18(15)27(19)13-20(28)24-17-9-7-16(23)8-10-17/h3-10,12,14H,11,13H2,1-2H3,(H,24,28). The molecule has 1 N–H and O–H groups in total. The summed E-state index contributed by atoms with van der Waals surface area (Å²) in [5, 5.41) is 12.9. The molecule has 0 saturated carbocycles. The molecule has 0 aliphatic carbocycles. The average Bonchev–Trinajstić information content (AvgIpc) is 3.28. The van der Waals surface area contributed by atoms with Crippen LogP contribution in [0, 0.1) is 5.92 Å². The fraction of sp³-hybridized carbons (Fsp3) is 0.227. The Hall–Kier alpha value is -3.12. The maximum Gasteiger partial charge on any atom is 0.264 e. The van der Waals surface area contributed by atoms with Gasteiger partial charge < -0.3 is 14.3 Å². The van der Waals surface area contributed by atoms with E-state index >= 15 is 0 Å². The number of amides is 1. The molecule has 2 aromatic carbocycles. The number of para-hydroxylation sites is 1. The second-order valence-corrected chi connectivity index (χ2v) is 7.76. The Balaban J connectivity index is 1.65. The van der Waals surface area contributed by atoms with Gasteiger partial charge in [-0.15, -0.1) is 10.2 Å². The molecule has 2 aromatic heterocycles. The number of rotatable bonds is 6. The smallest absolute Gasteiger partial charge is 0.264 e. The van der Waals surface area contributed by atoms with E-state index in [9.17, 15) is 4.79 Å². The molecule has 4 aromatic rings. The lowest BCUT2D eigenvalue weighted by Gasteiger charge is -2.10. The molecule has 4 rings (SSSR count). The van der Waals surface area contributed by atoms with Crippen LogP contribution < -0.4 is 5.32 Å². The molecule has 7 heteroatoms. The number of carbonyl (C=O) groups is 1. The highest BCUT2D eigenvalue weighted by Gasteiger charge is 2.18. The minimum Gasteiger partial charge on any atom is -0.419 e. The number of halogens is 1. The summed E-state index contributed by atoms with van der Waals surface area (Å²) in [5.41, 5.74) is 2.34. The molecular formula is C22H21ClN4O2. The predicted octanol–water partition coefficient (Wildman–Crippen LogP) is 5.18. The van der Waals surface area contributed by atoms with Crippen molar-refractivity contribution in [2.75, 3.05) is 5.32 Å². The van der Waals surface area contributed by atoms with E-state index in [1.807, 2.05) is 34.9 Å². The summed E-state index contributed by atoms with van der Waals surface area (Å²) in [6.07, 6.45) is 0.713. The van der Waals surface area contributed by atoms with Gasteiger partial charge in [0.05, 0.1) is 0 Å². The van der Waals surface area contributed by atoms with E-state index < -0.39 is 0 Å². The van der Waals surface area contributed by atoms with Crippen molar-refractivity contribution in [3.63, 3.8) is 0 Å².